The van der Waals surface area contributed by atoms with Gasteiger partial charge < -0.3 is 9.15 Å². The first-order chi connectivity index (χ1) is 15.4. The fraction of sp³-hybridized carbons (Fsp3) is 0.190. The predicted octanol–water partition coefficient (Wildman–Crippen LogP) is 3.29. The van der Waals surface area contributed by atoms with Crippen LogP contribution in [-0.2, 0) is 11.3 Å². The summed E-state index contributed by atoms with van der Waals surface area (Å²) >= 11 is 0. The van der Waals surface area contributed by atoms with Gasteiger partial charge in [0, 0.05) is 29.6 Å². The second-order valence-corrected chi connectivity index (χ2v) is 6.81. The van der Waals surface area contributed by atoms with Crippen LogP contribution in [0.5, 0.6) is 0 Å². The highest BCUT2D eigenvalue weighted by molar-refractivity contribution is 6.02. The van der Waals surface area contributed by atoms with E-state index < -0.39 is 17.0 Å². The molecule has 0 aliphatic rings. The molecule has 0 aliphatic heterocycles. The molecule has 11 heteroatoms. The van der Waals surface area contributed by atoms with Gasteiger partial charge in [0.2, 0.25) is 5.89 Å². The van der Waals surface area contributed by atoms with Crippen molar-refractivity contribution in [2.75, 3.05) is 0 Å². The number of nitrogens with zero attached hydrogens (tertiary/aromatic N) is 5. The van der Waals surface area contributed by atoms with Crippen molar-refractivity contribution in [2.24, 2.45) is 0 Å². The topological polar surface area (TPSA) is 143 Å². The molecule has 0 spiro atoms. The Morgan fingerprint density at radius 3 is 2.50 bits per heavy atom. The second-order valence-electron chi connectivity index (χ2n) is 6.81. The molecule has 0 amide bonds. The molecule has 0 radical (unpaired) electrons. The van der Waals surface area contributed by atoms with Crippen LogP contribution in [0.3, 0.4) is 0 Å². The summed E-state index contributed by atoms with van der Waals surface area (Å²) in [5.74, 6) is -0.577. The van der Waals surface area contributed by atoms with Gasteiger partial charge in [0.05, 0.1) is 10.3 Å². The van der Waals surface area contributed by atoms with E-state index in [0.29, 0.717) is 22.9 Å². The van der Waals surface area contributed by atoms with E-state index in [4.69, 9.17) is 9.15 Å². The minimum absolute atomic E-state index is 0.00371. The third kappa shape index (κ3) is 3.83. The van der Waals surface area contributed by atoms with Crippen molar-refractivity contribution in [1.82, 2.24) is 20.0 Å². The summed E-state index contributed by atoms with van der Waals surface area (Å²) in [5, 5.41) is 23.5. The molecule has 2 aromatic carbocycles. The average molecular weight is 435 g/mol. The van der Waals surface area contributed by atoms with E-state index in [1.807, 2.05) is 0 Å². The highest BCUT2D eigenvalue weighted by Gasteiger charge is 2.23. The third-order valence-electron chi connectivity index (χ3n) is 4.76. The lowest BCUT2D eigenvalue weighted by atomic mass is 10.1. The Kier molecular flexibility index (Phi) is 5.46. The van der Waals surface area contributed by atoms with E-state index in [1.165, 1.54) is 28.9 Å². The fourth-order valence-electron chi connectivity index (χ4n) is 3.11. The molecule has 0 saturated carbocycles. The van der Waals surface area contributed by atoms with E-state index in [9.17, 15) is 19.7 Å². The lowest BCUT2D eigenvalue weighted by Crippen LogP contribution is -2.26. The van der Waals surface area contributed by atoms with Gasteiger partial charge in [0.15, 0.2) is 11.8 Å². The standard InChI is InChI=1S/C21H17N5O6/c1-3-25-20(27)16-7-5-4-6-15(16)17(24-25)21(28)31-12(2)18-22-23-19(32-18)13-8-10-14(11-9-13)26(29)30/h4-12H,3H2,1-2H3. The molecule has 0 bridgehead atoms. The van der Waals surface area contributed by atoms with Gasteiger partial charge in [-0.2, -0.15) is 5.10 Å². The zero-order chi connectivity index (χ0) is 22.8. The summed E-state index contributed by atoms with van der Waals surface area (Å²) in [5.41, 5.74) is 0.126. The van der Waals surface area contributed by atoms with Crippen LogP contribution in [0.1, 0.15) is 36.3 Å². The van der Waals surface area contributed by atoms with Crippen molar-refractivity contribution in [3.63, 3.8) is 0 Å². The van der Waals surface area contributed by atoms with Crippen LogP contribution in [0.2, 0.25) is 0 Å². The Hall–Kier alpha value is -4.41. The molecule has 4 rings (SSSR count). The third-order valence-corrected chi connectivity index (χ3v) is 4.76. The second kappa shape index (κ2) is 8.38. The van der Waals surface area contributed by atoms with Gasteiger partial charge in [-0.15, -0.1) is 10.2 Å². The van der Waals surface area contributed by atoms with E-state index >= 15 is 0 Å². The molecule has 32 heavy (non-hydrogen) atoms. The van der Waals surface area contributed by atoms with Gasteiger partial charge >= 0.3 is 5.97 Å². The molecule has 0 saturated heterocycles. The van der Waals surface area contributed by atoms with Gasteiger partial charge in [-0.1, -0.05) is 18.2 Å². The minimum Gasteiger partial charge on any atom is -0.448 e. The maximum Gasteiger partial charge on any atom is 0.360 e. The molecule has 162 valence electrons. The number of ether oxygens (including phenoxy) is 1. The number of non-ortho nitro benzene ring substituents is 1. The summed E-state index contributed by atoms with van der Waals surface area (Å²) < 4.78 is 12.2. The van der Waals surface area contributed by atoms with Crippen LogP contribution < -0.4 is 5.56 Å². The lowest BCUT2D eigenvalue weighted by Gasteiger charge is -2.12. The van der Waals surface area contributed by atoms with Crippen LogP contribution in [0.15, 0.2) is 57.7 Å². The maximum atomic E-state index is 12.8. The number of hydrogen-bond acceptors (Lipinski definition) is 9. The summed E-state index contributed by atoms with van der Waals surface area (Å²) in [4.78, 5) is 35.6. The fourth-order valence-corrected chi connectivity index (χ4v) is 3.11. The lowest BCUT2D eigenvalue weighted by molar-refractivity contribution is -0.384. The van der Waals surface area contributed by atoms with Crippen molar-refractivity contribution in [2.45, 2.75) is 26.5 Å². The number of carbonyl (C=O) groups is 1. The molecule has 2 heterocycles. The summed E-state index contributed by atoms with van der Waals surface area (Å²) in [6.07, 6.45) is -0.899. The van der Waals surface area contributed by atoms with E-state index in [-0.39, 0.29) is 28.7 Å². The maximum absolute atomic E-state index is 12.8. The van der Waals surface area contributed by atoms with Crippen LogP contribution in [-0.4, -0.2) is 30.9 Å². The van der Waals surface area contributed by atoms with Crippen molar-refractivity contribution in [3.05, 3.63) is 80.6 Å². The largest absolute Gasteiger partial charge is 0.448 e. The Morgan fingerprint density at radius 2 is 1.84 bits per heavy atom. The Balaban J connectivity index is 1.58. The molecule has 0 fully saturated rings. The van der Waals surface area contributed by atoms with Crippen LogP contribution >= 0.6 is 0 Å². The number of nitro benzene ring substituents is 1. The highest BCUT2D eigenvalue weighted by atomic mass is 16.6. The number of aryl methyl sites for hydroxylation is 1. The normalized spacial score (nSPS) is 11.9. The summed E-state index contributed by atoms with van der Waals surface area (Å²) in [7, 11) is 0. The number of fused-ring (bicyclic) bond motifs is 1. The van der Waals surface area contributed by atoms with Gasteiger partial charge in [0.1, 0.15) is 0 Å². The van der Waals surface area contributed by atoms with Gasteiger partial charge in [-0.05, 0) is 32.0 Å². The predicted molar refractivity (Wildman–Crippen MR) is 112 cm³/mol. The van der Waals surface area contributed by atoms with Crippen LogP contribution in [0.4, 0.5) is 5.69 Å². The Bertz CT molecular complexity index is 1380. The van der Waals surface area contributed by atoms with Crippen LogP contribution in [0.25, 0.3) is 22.2 Å². The quantitative estimate of drug-likeness (QED) is 0.253. The zero-order valence-corrected chi connectivity index (χ0v) is 17.1. The number of hydrogen-bond donors (Lipinski definition) is 0. The van der Waals surface area contributed by atoms with Crippen LogP contribution in [0, 0.1) is 10.1 Å². The molecule has 2 aromatic heterocycles. The molecule has 1 atom stereocenters. The van der Waals surface area contributed by atoms with Gasteiger partial charge in [-0.25, -0.2) is 9.48 Å². The minimum atomic E-state index is -0.899. The first kappa shape index (κ1) is 20.8. The van der Waals surface area contributed by atoms with E-state index in [1.54, 1.807) is 38.1 Å². The molecule has 0 N–H and O–H groups in total. The number of benzene rings is 2. The monoisotopic (exact) mass is 435 g/mol. The highest BCUT2D eigenvalue weighted by Crippen LogP contribution is 2.25. The SMILES string of the molecule is CCn1nc(C(=O)OC(C)c2nnc(-c3ccc([N+](=O)[O-])cc3)o2)c2ccccc2c1=O. The van der Waals surface area contributed by atoms with Crippen molar-refractivity contribution < 1.29 is 18.9 Å². The molecular weight excluding hydrogens is 418 g/mol. The van der Waals surface area contributed by atoms with E-state index in [2.05, 4.69) is 15.3 Å². The first-order valence-electron chi connectivity index (χ1n) is 9.68. The van der Waals surface area contributed by atoms with Crippen molar-refractivity contribution in [1.29, 1.82) is 0 Å². The van der Waals surface area contributed by atoms with Crippen molar-refractivity contribution >= 4 is 22.4 Å². The molecular formula is C21H17N5O6. The summed E-state index contributed by atoms with van der Waals surface area (Å²) in [6.45, 7) is 3.60. The molecule has 11 nitrogen and oxygen atoms in total. The Labute approximate surface area is 180 Å². The first-order valence-corrected chi connectivity index (χ1v) is 9.68. The van der Waals surface area contributed by atoms with E-state index in [0.717, 1.165) is 0 Å². The average Bonchev–Trinajstić information content (AvgIpc) is 3.30. The number of esters is 1. The molecule has 1 unspecified atom stereocenters. The summed E-state index contributed by atoms with van der Waals surface area (Å²) in [6, 6.07) is 12.3. The van der Waals surface area contributed by atoms with Crippen molar-refractivity contribution in [3.8, 4) is 11.5 Å². The number of aromatic nitrogens is 4. The number of nitro groups is 1. The Morgan fingerprint density at radius 1 is 1.16 bits per heavy atom. The number of rotatable bonds is 6. The molecule has 4 aromatic rings. The molecule has 0 aliphatic carbocycles. The number of carbonyl (C=O) groups excluding carboxylic acids is 1. The van der Waals surface area contributed by atoms with Gasteiger partial charge in [-0.3, -0.25) is 14.9 Å². The zero-order valence-electron chi connectivity index (χ0n) is 17.1. The smallest absolute Gasteiger partial charge is 0.360 e. The van der Waals surface area contributed by atoms with Gasteiger partial charge in [0.25, 0.3) is 17.1 Å².